The SMILES string of the molecule is CC(=O)N(c1ccccc1)[C@@H]1C[C@H](C)N(C(=O)/C=C/c2ccco2)c2ccccc21. The van der Waals surface area contributed by atoms with E-state index in [4.69, 9.17) is 4.42 Å². The number of benzene rings is 2. The molecule has 4 rings (SSSR count). The van der Waals surface area contributed by atoms with Gasteiger partial charge in [-0.15, -0.1) is 0 Å². The van der Waals surface area contributed by atoms with Gasteiger partial charge in [0, 0.05) is 30.4 Å². The van der Waals surface area contributed by atoms with Crippen LogP contribution in [0, 0.1) is 0 Å². The Hall–Kier alpha value is -3.60. The molecule has 0 saturated carbocycles. The molecule has 2 heterocycles. The van der Waals surface area contributed by atoms with E-state index in [-0.39, 0.29) is 23.9 Å². The Morgan fingerprint density at radius 3 is 2.47 bits per heavy atom. The van der Waals surface area contributed by atoms with Crippen LogP contribution >= 0.6 is 0 Å². The summed E-state index contributed by atoms with van der Waals surface area (Å²) < 4.78 is 5.29. The molecule has 5 nitrogen and oxygen atoms in total. The molecule has 5 heteroatoms. The standard InChI is InChI=1S/C25H24N2O3/c1-18-17-24(27(19(2)28)20-9-4-3-5-10-20)22-12-6-7-13-23(22)26(18)25(29)15-14-21-11-8-16-30-21/h3-16,18,24H,17H2,1-2H3/b15-14+/t18-,24+/m0/s1. The fraction of sp³-hybridized carbons (Fsp3) is 0.200. The number of fused-ring (bicyclic) bond motifs is 1. The maximum atomic E-state index is 13.1. The summed E-state index contributed by atoms with van der Waals surface area (Å²) in [7, 11) is 0. The number of hydrogen-bond donors (Lipinski definition) is 0. The number of hydrogen-bond acceptors (Lipinski definition) is 3. The molecule has 152 valence electrons. The van der Waals surface area contributed by atoms with Crippen molar-refractivity contribution in [1.82, 2.24) is 0 Å². The van der Waals surface area contributed by atoms with Crippen molar-refractivity contribution in [2.75, 3.05) is 9.80 Å². The second-order valence-corrected chi connectivity index (χ2v) is 7.44. The van der Waals surface area contributed by atoms with E-state index < -0.39 is 0 Å². The van der Waals surface area contributed by atoms with Crippen LogP contribution in [0.1, 0.15) is 37.6 Å². The van der Waals surface area contributed by atoms with Gasteiger partial charge in [-0.25, -0.2) is 0 Å². The molecule has 30 heavy (non-hydrogen) atoms. The highest BCUT2D eigenvalue weighted by atomic mass is 16.3. The third-order valence-electron chi connectivity index (χ3n) is 5.42. The number of furan rings is 1. The Balaban J connectivity index is 1.71. The Morgan fingerprint density at radius 1 is 1.03 bits per heavy atom. The molecular formula is C25H24N2O3. The number of para-hydroxylation sites is 2. The van der Waals surface area contributed by atoms with Crippen molar-refractivity contribution in [2.45, 2.75) is 32.4 Å². The van der Waals surface area contributed by atoms with Crippen LogP contribution in [0.5, 0.6) is 0 Å². The molecule has 1 aliphatic heterocycles. The van der Waals surface area contributed by atoms with Crippen LogP contribution < -0.4 is 9.80 Å². The molecular weight excluding hydrogens is 376 g/mol. The van der Waals surface area contributed by atoms with Gasteiger partial charge in [-0.05, 0) is 55.3 Å². The Bertz CT molecular complexity index is 1060. The fourth-order valence-corrected chi connectivity index (χ4v) is 4.15. The van der Waals surface area contributed by atoms with Crippen molar-refractivity contribution < 1.29 is 14.0 Å². The first kappa shape index (κ1) is 19.7. The first-order valence-electron chi connectivity index (χ1n) is 10.0. The summed E-state index contributed by atoms with van der Waals surface area (Å²) >= 11 is 0. The van der Waals surface area contributed by atoms with Gasteiger partial charge in [-0.2, -0.15) is 0 Å². The normalized spacial score (nSPS) is 18.3. The van der Waals surface area contributed by atoms with Crippen molar-refractivity contribution in [1.29, 1.82) is 0 Å². The van der Waals surface area contributed by atoms with Crippen LogP contribution in [-0.2, 0) is 9.59 Å². The zero-order chi connectivity index (χ0) is 21.1. The first-order chi connectivity index (χ1) is 14.6. The maximum Gasteiger partial charge on any atom is 0.251 e. The van der Waals surface area contributed by atoms with E-state index in [2.05, 4.69) is 0 Å². The van der Waals surface area contributed by atoms with Crippen molar-refractivity contribution in [3.63, 3.8) is 0 Å². The molecule has 0 spiro atoms. The highest BCUT2D eigenvalue weighted by Crippen LogP contribution is 2.42. The molecule has 2 atom stereocenters. The van der Waals surface area contributed by atoms with Gasteiger partial charge in [0.05, 0.1) is 12.3 Å². The molecule has 0 aliphatic carbocycles. The molecule has 2 amide bonds. The highest BCUT2D eigenvalue weighted by molar-refractivity contribution is 6.05. The number of rotatable bonds is 4. The Morgan fingerprint density at radius 2 is 1.77 bits per heavy atom. The monoisotopic (exact) mass is 400 g/mol. The number of amides is 2. The van der Waals surface area contributed by atoms with Gasteiger partial charge in [0.2, 0.25) is 5.91 Å². The van der Waals surface area contributed by atoms with E-state index in [0.717, 1.165) is 16.9 Å². The summed E-state index contributed by atoms with van der Waals surface area (Å²) in [6, 6.07) is 20.9. The molecule has 0 unspecified atom stereocenters. The zero-order valence-corrected chi connectivity index (χ0v) is 17.1. The largest absolute Gasteiger partial charge is 0.465 e. The van der Waals surface area contributed by atoms with Crippen molar-refractivity contribution in [3.8, 4) is 0 Å². The predicted molar refractivity (Wildman–Crippen MR) is 118 cm³/mol. The van der Waals surface area contributed by atoms with Crippen LogP contribution in [0.3, 0.4) is 0 Å². The lowest BCUT2D eigenvalue weighted by Gasteiger charge is -2.43. The van der Waals surface area contributed by atoms with Crippen LogP contribution in [0.25, 0.3) is 6.08 Å². The van der Waals surface area contributed by atoms with Crippen molar-refractivity contribution in [3.05, 3.63) is 90.4 Å². The molecule has 1 aromatic heterocycles. The molecule has 1 aliphatic rings. The number of anilines is 2. The average molecular weight is 400 g/mol. The highest BCUT2D eigenvalue weighted by Gasteiger charge is 2.37. The van der Waals surface area contributed by atoms with E-state index in [0.29, 0.717) is 12.2 Å². The number of nitrogens with zero attached hydrogens (tertiary/aromatic N) is 2. The molecule has 0 fully saturated rings. The minimum Gasteiger partial charge on any atom is -0.465 e. The Kier molecular flexibility index (Phi) is 5.53. The summed E-state index contributed by atoms with van der Waals surface area (Å²) in [6.45, 7) is 3.61. The van der Waals surface area contributed by atoms with E-state index in [9.17, 15) is 9.59 Å². The van der Waals surface area contributed by atoms with E-state index in [1.807, 2.05) is 66.4 Å². The lowest BCUT2D eigenvalue weighted by atomic mass is 9.90. The van der Waals surface area contributed by atoms with E-state index in [1.165, 1.54) is 6.08 Å². The van der Waals surface area contributed by atoms with E-state index >= 15 is 0 Å². The van der Waals surface area contributed by atoms with Crippen LogP contribution in [-0.4, -0.2) is 17.9 Å². The molecule has 2 aromatic carbocycles. The van der Waals surface area contributed by atoms with Crippen molar-refractivity contribution in [2.24, 2.45) is 0 Å². The smallest absolute Gasteiger partial charge is 0.251 e. The van der Waals surface area contributed by atoms with Gasteiger partial charge in [0.25, 0.3) is 5.91 Å². The van der Waals surface area contributed by atoms with Gasteiger partial charge >= 0.3 is 0 Å². The molecule has 3 aromatic rings. The lowest BCUT2D eigenvalue weighted by Crippen LogP contribution is -2.47. The van der Waals surface area contributed by atoms with Crippen LogP contribution in [0.4, 0.5) is 11.4 Å². The maximum absolute atomic E-state index is 13.1. The third-order valence-corrected chi connectivity index (χ3v) is 5.42. The summed E-state index contributed by atoms with van der Waals surface area (Å²) in [6.07, 6.45) is 5.43. The van der Waals surface area contributed by atoms with Gasteiger partial charge in [0.15, 0.2) is 0 Å². The average Bonchev–Trinajstić information content (AvgIpc) is 3.26. The topological polar surface area (TPSA) is 53.8 Å². The minimum absolute atomic E-state index is 0.0225. The van der Waals surface area contributed by atoms with Crippen LogP contribution in [0.2, 0.25) is 0 Å². The number of carbonyl (C=O) groups excluding carboxylic acids is 2. The fourth-order valence-electron chi connectivity index (χ4n) is 4.15. The predicted octanol–water partition coefficient (Wildman–Crippen LogP) is 5.21. The summed E-state index contributed by atoms with van der Waals surface area (Å²) in [5.74, 6) is 0.496. The van der Waals surface area contributed by atoms with Gasteiger partial charge < -0.3 is 14.2 Å². The second kappa shape index (κ2) is 8.41. The molecule has 0 saturated heterocycles. The molecule has 0 radical (unpaired) electrons. The van der Waals surface area contributed by atoms with E-state index in [1.54, 1.807) is 36.3 Å². The van der Waals surface area contributed by atoms with Crippen molar-refractivity contribution >= 4 is 29.3 Å². The second-order valence-electron chi connectivity index (χ2n) is 7.44. The summed E-state index contributed by atoms with van der Waals surface area (Å²) in [5, 5.41) is 0. The number of carbonyl (C=O) groups is 2. The first-order valence-corrected chi connectivity index (χ1v) is 10.0. The quantitative estimate of drug-likeness (QED) is 0.565. The summed E-state index contributed by atoms with van der Waals surface area (Å²) in [5.41, 5.74) is 2.65. The zero-order valence-electron chi connectivity index (χ0n) is 17.1. The van der Waals surface area contributed by atoms with Gasteiger partial charge in [-0.3, -0.25) is 9.59 Å². The molecule has 0 N–H and O–H groups in total. The minimum atomic E-state index is -0.144. The van der Waals surface area contributed by atoms with Gasteiger partial charge in [-0.1, -0.05) is 36.4 Å². The lowest BCUT2D eigenvalue weighted by molar-refractivity contribution is -0.117. The summed E-state index contributed by atoms with van der Waals surface area (Å²) in [4.78, 5) is 29.3. The molecule has 0 bridgehead atoms. The Labute approximate surface area is 176 Å². The third kappa shape index (κ3) is 3.79. The van der Waals surface area contributed by atoms with Gasteiger partial charge in [0.1, 0.15) is 5.76 Å². The van der Waals surface area contributed by atoms with Crippen LogP contribution in [0.15, 0.2) is 83.5 Å².